The Morgan fingerprint density at radius 3 is 2.48 bits per heavy atom. The second kappa shape index (κ2) is 10.8. The number of hydrogen-bond donors (Lipinski definition) is 2. The maximum atomic E-state index is 12.1. The fourth-order valence-corrected chi connectivity index (χ4v) is 4.17. The average Bonchev–Trinajstić information content (AvgIpc) is 2.64. The Morgan fingerprint density at radius 1 is 1.19 bits per heavy atom. The summed E-state index contributed by atoms with van der Waals surface area (Å²) in [7, 11) is -3.47. The van der Waals surface area contributed by atoms with E-state index < -0.39 is 10.0 Å². The van der Waals surface area contributed by atoms with Crippen molar-refractivity contribution >= 4 is 15.9 Å². The first-order valence-electron chi connectivity index (χ1n) is 9.55. The molecule has 1 aliphatic heterocycles. The lowest BCUT2D eigenvalue weighted by Gasteiger charge is -2.26. The lowest BCUT2D eigenvalue weighted by molar-refractivity contribution is -0.121. The third kappa shape index (κ3) is 7.96. The Bertz CT molecular complexity index is 683. The number of amides is 1. The fourth-order valence-electron chi connectivity index (χ4n) is 2.92. The number of rotatable bonds is 10. The van der Waals surface area contributed by atoms with Crippen LogP contribution in [-0.2, 0) is 26.0 Å². The lowest BCUT2D eigenvalue weighted by Crippen LogP contribution is -2.38. The Kier molecular flexibility index (Phi) is 8.69. The van der Waals surface area contributed by atoms with E-state index in [0.717, 1.165) is 44.8 Å². The van der Waals surface area contributed by atoms with Gasteiger partial charge in [-0.25, -0.2) is 13.1 Å². The molecule has 1 aromatic rings. The van der Waals surface area contributed by atoms with Gasteiger partial charge in [-0.2, -0.15) is 0 Å². The predicted molar refractivity (Wildman–Crippen MR) is 105 cm³/mol. The summed E-state index contributed by atoms with van der Waals surface area (Å²) in [6.45, 7) is 8.73. The van der Waals surface area contributed by atoms with Crippen LogP contribution < -0.4 is 10.0 Å². The van der Waals surface area contributed by atoms with Crippen LogP contribution >= 0.6 is 0 Å². The zero-order chi connectivity index (χ0) is 19.7. The van der Waals surface area contributed by atoms with Crippen LogP contribution in [0.3, 0.4) is 0 Å². The lowest BCUT2D eigenvalue weighted by atomic mass is 10.1. The van der Waals surface area contributed by atoms with E-state index in [1.54, 1.807) is 38.1 Å². The highest BCUT2D eigenvalue weighted by molar-refractivity contribution is 7.89. The molecule has 152 valence electrons. The first kappa shape index (κ1) is 21.8. The minimum atomic E-state index is -3.47. The number of aryl methyl sites for hydroxylation is 1. The number of morpholine rings is 1. The predicted octanol–water partition coefficient (Wildman–Crippen LogP) is 1.14. The van der Waals surface area contributed by atoms with Gasteiger partial charge in [0.1, 0.15) is 0 Å². The SMILES string of the molecule is CC(C)NS(=O)(=O)c1ccc(CCC(=O)NCCCN2CCOCC2)cc1. The van der Waals surface area contributed by atoms with Crippen molar-refractivity contribution in [2.75, 3.05) is 39.4 Å². The van der Waals surface area contributed by atoms with Gasteiger partial charge in [0.15, 0.2) is 0 Å². The number of sulfonamides is 1. The number of carbonyl (C=O) groups excluding carboxylic acids is 1. The van der Waals surface area contributed by atoms with Crippen molar-refractivity contribution in [3.05, 3.63) is 29.8 Å². The van der Waals surface area contributed by atoms with E-state index in [2.05, 4.69) is 14.9 Å². The van der Waals surface area contributed by atoms with Gasteiger partial charge in [-0.15, -0.1) is 0 Å². The van der Waals surface area contributed by atoms with Crippen LogP contribution in [0.4, 0.5) is 0 Å². The normalized spacial score (nSPS) is 15.8. The largest absolute Gasteiger partial charge is 0.379 e. The number of benzene rings is 1. The highest BCUT2D eigenvalue weighted by Gasteiger charge is 2.15. The first-order valence-corrected chi connectivity index (χ1v) is 11.0. The van der Waals surface area contributed by atoms with Crippen LogP contribution in [0.25, 0.3) is 0 Å². The molecule has 1 amide bonds. The first-order chi connectivity index (χ1) is 12.9. The highest BCUT2D eigenvalue weighted by atomic mass is 32.2. The Balaban J connectivity index is 1.67. The van der Waals surface area contributed by atoms with Gasteiger partial charge in [-0.1, -0.05) is 12.1 Å². The molecular formula is C19H31N3O4S. The molecule has 8 heteroatoms. The van der Waals surface area contributed by atoms with Gasteiger partial charge in [0.25, 0.3) is 0 Å². The van der Waals surface area contributed by atoms with E-state index in [1.165, 1.54) is 0 Å². The molecular weight excluding hydrogens is 366 g/mol. The molecule has 0 atom stereocenters. The maximum Gasteiger partial charge on any atom is 0.240 e. The van der Waals surface area contributed by atoms with Crippen molar-refractivity contribution in [2.45, 2.75) is 44.0 Å². The highest BCUT2D eigenvalue weighted by Crippen LogP contribution is 2.12. The van der Waals surface area contributed by atoms with Gasteiger partial charge in [-0.05, 0) is 50.9 Å². The van der Waals surface area contributed by atoms with E-state index in [4.69, 9.17) is 4.74 Å². The van der Waals surface area contributed by atoms with Gasteiger partial charge >= 0.3 is 0 Å². The number of hydrogen-bond acceptors (Lipinski definition) is 5. The van der Waals surface area contributed by atoms with Crippen molar-refractivity contribution in [1.82, 2.24) is 14.9 Å². The minimum Gasteiger partial charge on any atom is -0.379 e. The molecule has 2 N–H and O–H groups in total. The van der Waals surface area contributed by atoms with Crippen molar-refractivity contribution in [3.8, 4) is 0 Å². The zero-order valence-corrected chi connectivity index (χ0v) is 17.1. The standard InChI is InChI=1S/C19H31N3O4S/c1-16(2)21-27(24,25)18-7-4-17(5-8-18)6-9-19(23)20-10-3-11-22-12-14-26-15-13-22/h4-5,7-8,16,21H,3,6,9-15H2,1-2H3,(H,20,23). The number of carbonyl (C=O) groups is 1. The molecule has 1 aromatic carbocycles. The monoisotopic (exact) mass is 397 g/mol. The number of nitrogens with one attached hydrogen (secondary N) is 2. The van der Waals surface area contributed by atoms with E-state index in [-0.39, 0.29) is 16.8 Å². The summed E-state index contributed by atoms with van der Waals surface area (Å²) in [4.78, 5) is 14.6. The van der Waals surface area contributed by atoms with E-state index in [0.29, 0.717) is 19.4 Å². The van der Waals surface area contributed by atoms with Gasteiger partial charge < -0.3 is 10.1 Å². The van der Waals surface area contributed by atoms with E-state index in [9.17, 15) is 13.2 Å². The van der Waals surface area contributed by atoms with Crippen molar-refractivity contribution in [1.29, 1.82) is 0 Å². The summed E-state index contributed by atoms with van der Waals surface area (Å²) in [5.74, 6) is 0.0233. The van der Waals surface area contributed by atoms with Gasteiger partial charge in [0.05, 0.1) is 18.1 Å². The molecule has 1 aliphatic rings. The molecule has 2 rings (SSSR count). The van der Waals surface area contributed by atoms with Crippen molar-refractivity contribution in [2.24, 2.45) is 0 Å². The molecule has 1 heterocycles. The van der Waals surface area contributed by atoms with Crippen LogP contribution in [0, 0.1) is 0 Å². The summed E-state index contributed by atoms with van der Waals surface area (Å²) in [5, 5.41) is 2.95. The van der Waals surface area contributed by atoms with Crippen LogP contribution in [0.15, 0.2) is 29.2 Å². The summed E-state index contributed by atoms with van der Waals surface area (Å²) >= 11 is 0. The molecule has 0 radical (unpaired) electrons. The van der Waals surface area contributed by atoms with Crippen LogP contribution in [0.1, 0.15) is 32.3 Å². The fraction of sp³-hybridized carbons (Fsp3) is 0.632. The second-order valence-corrected chi connectivity index (χ2v) is 8.79. The Labute approximate surface area is 162 Å². The summed E-state index contributed by atoms with van der Waals surface area (Å²) in [6.07, 6.45) is 1.92. The molecule has 0 aliphatic carbocycles. The summed E-state index contributed by atoms with van der Waals surface area (Å²) in [6, 6.07) is 6.54. The number of ether oxygens (including phenoxy) is 1. The van der Waals surface area contributed by atoms with Crippen molar-refractivity contribution < 1.29 is 17.9 Å². The molecule has 27 heavy (non-hydrogen) atoms. The van der Waals surface area contributed by atoms with Crippen LogP contribution in [0.5, 0.6) is 0 Å². The molecule has 0 spiro atoms. The summed E-state index contributed by atoms with van der Waals surface area (Å²) in [5.41, 5.74) is 0.946. The molecule has 0 saturated carbocycles. The van der Waals surface area contributed by atoms with E-state index >= 15 is 0 Å². The average molecular weight is 398 g/mol. The third-order valence-corrected chi connectivity index (χ3v) is 6.02. The molecule has 0 bridgehead atoms. The molecule has 0 unspecified atom stereocenters. The van der Waals surface area contributed by atoms with Gasteiger partial charge in [0, 0.05) is 32.1 Å². The summed E-state index contributed by atoms with van der Waals surface area (Å²) < 4.78 is 32.1. The van der Waals surface area contributed by atoms with Crippen molar-refractivity contribution in [3.63, 3.8) is 0 Å². The Hall–Kier alpha value is -1.48. The van der Waals surface area contributed by atoms with E-state index in [1.807, 2.05) is 0 Å². The topological polar surface area (TPSA) is 87.7 Å². The maximum absolute atomic E-state index is 12.1. The van der Waals surface area contributed by atoms with Crippen LogP contribution in [0.2, 0.25) is 0 Å². The molecule has 7 nitrogen and oxygen atoms in total. The Morgan fingerprint density at radius 2 is 1.85 bits per heavy atom. The quantitative estimate of drug-likeness (QED) is 0.578. The van der Waals surface area contributed by atoms with Gasteiger partial charge in [0.2, 0.25) is 15.9 Å². The number of nitrogens with zero attached hydrogens (tertiary/aromatic N) is 1. The minimum absolute atomic E-state index is 0.0233. The molecule has 1 saturated heterocycles. The van der Waals surface area contributed by atoms with Crippen LogP contribution in [-0.4, -0.2) is 64.7 Å². The molecule has 1 fully saturated rings. The van der Waals surface area contributed by atoms with Gasteiger partial charge in [-0.3, -0.25) is 9.69 Å². The second-order valence-electron chi connectivity index (χ2n) is 7.08. The molecule has 0 aromatic heterocycles. The smallest absolute Gasteiger partial charge is 0.240 e. The third-order valence-electron chi connectivity index (χ3n) is 4.34. The zero-order valence-electron chi connectivity index (χ0n) is 16.2.